The molecule has 142 valence electrons. The van der Waals surface area contributed by atoms with Crippen molar-refractivity contribution in [1.82, 2.24) is 4.90 Å². The summed E-state index contributed by atoms with van der Waals surface area (Å²) in [6.45, 7) is 2.77. The van der Waals surface area contributed by atoms with Crippen LogP contribution in [0.3, 0.4) is 0 Å². The number of hydrogen-bond acceptors (Lipinski definition) is 4. The average molecular weight is 370 g/mol. The Morgan fingerprint density at radius 1 is 1.22 bits per heavy atom. The molecule has 0 saturated heterocycles. The number of nitrogens with zero attached hydrogens (tertiary/aromatic N) is 2. The maximum atomic E-state index is 13.1. The first kappa shape index (κ1) is 19.0. The maximum absolute atomic E-state index is 13.1. The predicted molar refractivity (Wildman–Crippen MR) is 101 cm³/mol. The van der Waals surface area contributed by atoms with Crippen LogP contribution >= 0.6 is 0 Å². The van der Waals surface area contributed by atoms with Gasteiger partial charge in [0.1, 0.15) is 12.4 Å². The van der Waals surface area contributed by atoms with Crippen molar-refractivity contribution < 1.29 is 18.8 Å². The standard InChI is InChI=1S/C21H23FN2O3/c1-15-3-7-17(8-4-15)20-11-19(27-23-20)13-24(21(25)14-26-2)12-16-5-9-18(22)10-6-16/h3-10,19H,11-14H2,1-2H3. The number of aryl methyl sites for hydroxylation is 1. The monoisotopic (exact) mass is 370 g/mol. The highest BCUT2D eigenvalue weighted by molar-refractivity contribution is 6.01. The third-order valence-corrected chi connectivity index (χ3v) is 4.45. The third kappa shape index (κ3) is 5.14. The maximum Gasteiger partial charge on any atom is 0.248 e. The normalized spacial score (nSPS) is 16.0. The summed E-state index contributed by atoms with van der Waals surface area (Å²) in [5.41, 5.74) is 3.93. The van der Waals surface area contributed by atoms with E-state index in [1.807, 2.05) is 31.2 Å². The van der Waals surface area contributed by atoms with Crippen LogP contribution in [0.2, 0.25) is 0 Å². The summed E-state index contributed by atoms with van der Waals surface area (Å²) < 4.78 is 18.1. The molecule has 0 saturated carbocycles. The number of ether oxygens (including phenoxy) is 1. The number of benzene rings is 2. The quantitative estimate of drug-likeness (QED) is 0.751. The number of carbonyl (C=O) groups excluding carboxylic acids is 1. The Hall–Kier alpha value is -2.73. The van der Waals surface area contributed by atoms with E-state index in [1.165, 1.54) is 24.8 Å². The zero-order chi connectivity index (χ0) is 19.2. The highest BCUT2D eigenvalue weighted by atomic mass is 19.1. The van der Waals surface area contributed by atoms with E-state index in [-0.39, 0.29) is 24.4 Å². The average Bonchev–Trinajstić information content (AvgIpc) is 3.12. The molecule has 5 nitrogen and oxygen atoms in total. The molecule has 2 aromatic rings. The van der Waals surface area contributed by atoms with E-state index >= 15 is 0 Å². The molecule has 1 amide bonds. The first-order valence-corrected chi connectivity index (χ1v) is 8.86. The van der Waals surface area contributed by atoms with Crippen molar-refractivity contribution >= 4 is 11.6 Å². The van der Waals surface area contributed by atoms with Gasteiger partial charge in [-0.1, -0.05) is 47.1 Å². The van der Waals surface area contributed by atoms with Crippen molar-refractivity contribution in [3.8, 4) is 0 Å². The highest BCUT2D eigenvalue weighted by Crippen LogP contribution is 2.19. The number of hydrogen-bond donors (Lipinski definition) is 0. The number of halogens is 1. The van der Waals surface area contributed by atoms with Gasteiger partial charge in [0.15, 0.2) is 6.10 Å². The van der Waals surface area contributed by atoms with Crippen molar-refractivity contribution in [1.29, 1.82) is 0 Å². The zero-order valence-corrected chi connectivity index (χ0v) is 15.5. The Balaban J connectivity index is 1.64. The van der Waals surface area contributed by atoms with Crippen molar-refractivity contribution in [3.63, 3.8) is 0 Å². The SMILES string of the molecule is COCC(=O)N(Cc1ccc(F)cc1)CC1CC(c2ccc(C)cc2)=NO1. The first-order chi connectivity index (χ1) is 13.0. The van der Waals surface area contributed by atoms with Crippen LogP contribution in [0.15, 0.2) is 53.7 Å². The van der Waals surface area contributed by atoms with Crippen molar-refractivity contribution in [2.24, 2.45) is 5.16 Å². The second-order valence-electron chi connectivity index (χ2n) is 6.67. The van der Waals surface area contributed by atoms with Gasteiger partial charge in [-0.2, -0.15) is 0 Å². The van der Waals surface area contributed by atoms with Gasteiger partial charge in [-0.3, -0.25) is 4.79 Å². The van der Waals surface area contributed by atoms with E-state index in [4.69, 9.17) is 9.57 Å². The summed E-state index contributed by atoms with van der Waals surface area (Å²) in [5.74, 6) is -0.446. The van der Waals surface area contributed by atoms with Crippen molar-refractivity contribution in [3.05, 3.63) is 71.0 Å². The van der Waals surface area contributed by atoms with Crippen molar-refractivity contribution in [2.75, 3.05) is 20.3 Å². The molecule has 1 aliphatic heterocycles. The minimum atomic E-state index is -0.302. The minimum absolute atomic E-state index is 0.0143. The molecule has 1 aliphatic rings. The predicted octanol–water partition coefficient (Wildman–Crippen LogP) is 3.30. The minimum Gasteiger partial charge on any atom is -0.390 e. The molecule has 2 aromatic carbocycles. The highest BCUT2D eigenvalue weighted by Gasteiger charge is 2.26. The van der Waals surface area contributed by atoms with Crippen LogP contribution in [-0.4, -0.2) is 42.9 Å². The van der Waals surface area contributed by atoms with Gasteiger partial charge in [-0.15, -0.1) is 0 Å². The molecule has 27 heavy (non-hydrogen) atoms. The fourth-order valence-corrected chi connectivity index (χ4v) is 2.97. The van der Waals surface area contributed by atoms with Crippen molar-refractivity contribution in [2.45, 2.75) is 26.0 Å². The molecule has 0 fully saturated rings. The van der Waals surface area contributed by atoms with Gasteiger partial charge >= 0.3 is 0 Å². The molecule has 0 aromatic heterocycles. The Bertz CT molecular complexity index is 803. The molecule has 1 atom stereocenters. The molecule has 0 N–H and O–H groups in total. The van der Waals surface area contributed by atoms with E-state index < -0.39 is 0 Å². The molecular formula is C21H23FN2O3. The molecule has 0 bridgehead atoms. The smallest absolute Gasteiger partial charge is 0.248 e. The van der Waals surface area contributed by atoms with Crippen LogP contribution in [0.4, 0.5) is 4.39 Å². The van der Waals surface area contributed by atoms with Crippen LogP contribution in [0.5, 0.6) is 0 Å². The van der Waals surface area contributed by atoms with Gasteiger partial charge < -0.3 is 14.5 Å². The molecule has 6 heteroatoms. The van der Waals surface area contributed by atoms with Crippen LogP contribution in [0.25, 0.3) is 0 Å². The Labute approximate surface area is 158 Å². The lowest BCUT2D eigenvalue weighted by Gasteiger charge is -2.24. The Morgan fingerprint density at radius 3 is 2.59 bits per heavy atom. The lowest BCUT2D eigenvalue weighted by Crippen LogP contribution is -2.39. The number of amides is 1. The largest absolute Gasteiger partial charge is 0.390 e. The summed E-state index contributed by atoms with van der Waals surface area (Å²) in [5, 5.41) is 4.19. The van der Waals surface area contributed by atoms with Gasteiger partial charge in [0.25, 0.3) is 0 Å². The summed E-state index contributed by atoms with van der Waals surface area (Å²) in [4.78, 5) is 19.6. The summed E-state index contributed by atoms with van der Waals surface area (Å²) in [6, 6.07) is 14.2. The van der Waals surface area contributed by atoms with E-state index in [0.29, 0.717) is 19.5 Å². The summed E-state index contributed by atoms with van der Waals surface area (Å²) >= 11 is 0. The van der Waals surface area contributed by atoms with Gasteiger partial charge in [0.2, 0.25) is 5.91 Å². The molecule has 0 spiro atoms. The molecule has 1 heterocycles. The first-order valence-electron chi connectivity index (χ1n) is 8.86. The lowest BCUT2D eigenvalue weighted by atomic mass is 10.0. The van der Waals surface area contributed by atoms with Gasteiger partial charge in [-0.25, -0.2) is 4.39 Å². The van der Waals surface area contributed by atoms with Crippen LogP contribution < -0.4 is 0 Å². The third-order valence-electron chi connectivity index (χ3n) is 4.45. The van der Waals surface area contributed by atoms with Gasteiger partial charge in [0, 0.05) is 20.1 Å². The number of rotatable bonds is 7. The topological polar surface area (TPSA) is 51.1 Å². The van der Waals surface area contributed by atoms with E-state index in [9.17, 15) is 9.18 Å². The zero-order valence-electron chi connectivity index (χ0n) is 15.5. The summed E-state index contributed by atoms with van der Waals surface area (Å²) in [7, 11) is 1.48. The summed E-state index contributed by atoms with van der Waals surface area (Å²) in [6.07, 6.45) is 0.408. The van der Waals surface area contributed by atoms with Crippen LogP contribution in [0.1, 0.15) is 23.1 Å². The van der Waals surface area contributed by atoms with Crippen LogP contribution in [-0.2, 0) is 20.9 Å². The number of oxime groups is 1. The molecular weight excluding hydrogens is 347 g/mol. The molecule has 1 unspecified atom stereocenters. The second kappa shape index (κ2) is 8.77. The lowest BCUT2D eigenvalue weighted by molar-refractivity contribution is -0.137. The molecule has 0 radical (unpaired) electrons. The van der Waals surface area contributed by atoms with Gasteiger partial charge in [-0.05, 0) is 30.2 Å². The number of methoxy groups -OCH3 is 1. The van der Waals surface area contributed by atoms with Gasteiger partial charge in [0.05, 0.1) is 12.3 Å². The fraction of sp³-hybridized carbons (Fsp3) is 0.333. The van der Waals surface area contributed by atoms with Crippen LogP contribution in [0, 0.1) is 12.7 Å². The molecule has 0 aliphatic carbocycles. The van der Waals surface area contributed by atoms with E-state index in [1.54, 1.807) is 17.0 Å². The Morgan fingerprint density at radius 2 is 1.93 bits per heavy atom. The molecule has 3 rings (SSSR count). The van der Waals surface area contributed by atoms with E-state index in [2.05, 4.69) is 5.16 Å². The number of carbonyl (C=O) groups is 1. The van der Waals surface area contributed by atoms with E-state index in [0.717, 1.165) is 16.8 Å². The Kier molecular flexibility index (Phi) is 6.19. The fourth-order valence-electron chi connectivity index (χ4n) is 2.97. The second-order valence-corrected chi connectivity index (χ2v) is 6.67.